The Morgan fingerprint density at radius 2 is 1.72 bits per heavy atom. The largest absolute Gasteiger partial charge is 0.469 e. The Morgan fingerprint density at radius 3 is 2.32 bits per heavy atom. The smallest absolute Gasteiger partial charge is 0.335 e. The van der Waals surface area contributed by atoms with Gasteiger partial charge >= 0.3 is 17.9 Å². The van der Waals surface area contributed by atoms with Crippen molar-refractivity contribution in [2.75, 3.05) is 20.8 Å². The molecule has 0 radical (unpaired) electrons. The van der Waals surface area contributed by atoms with E-state index in [2.05, 4.69) is 0 Å². The molecule has 25 heavy (non-hydrogen) atoms. The van der Waals surface area contributed by atoms with Crippen molar-refractivity contribution in [3.63, 3.8) is 0 Å². The van der Waals surface area contributed by atoms with Crippen LogP contribution in [0.5, 0.6) is 0 Å². The Morgan fingerprint density at radius 1 is 1.04 bits per heavy atom. The molecule has 7 nitrogen and oxygen atoms in total. The van der Waals surface area contributed by atoms with Crippen LogP contribution >= 0.6 is 0 Å². The summed E-state index contributed by atoms with van der Waals surface area (Å²) < 4.78 is 14.6. The molecule has 2 aliphatic carbocycles. The molecule has 2 rings (SSSR count). The lowest BCUT2D eigenvalue weighted by molar-refractivity contribution is -0.161. The molecule has 0 amide bonds. The first-order valence-corrected chi connectivity index (χ1v) is 8.56. The number of ether oxygens (including phenoxy) is 3. The predicted octanol–water partition coefficient (Wildman–Crippen LogP) is 1.73. The number of Topliss-reactive ketones (excluding diaryl/α,β-unsaturated/α-hetero) is 1. The molecule has 2 aliphatic rings. The van der Waals surface area contributed by atoms with Gasteiger partial charge in [-0.15, -0.1) is 0 Å². The van der Waals surface area contributed by atoms with Gasteiger partial charge in [0.15, 0.2) is 0 Å². The molecule has 1 saturated carbocycles. The van der Waals surface area contributed by atoms with Crippen molar-refractivity contribution >= 4 is 23.7 Å². The Labute approximate surface area is 146 Å². The van der Waals surface area contributed by atoms with Crippen molar-refractivity contribution in [3.8, 4) is 0 Å². The third-order valence-electron chi connectivity index (χ3n) is 5.04. The maximum absolute atomic E-state index is 13.0. The quantitative estimate of drug-likeness (QED) is 0.561. The fourth-order valence-electron chi connectivity index (χ4n) is 3.93. The number of hydrogen-bond acceptors (Lipinski definition) is 7. The number of ketones is 1. The highest BCUT2D eigenvalue weighted by Gasteiger charge is 2.66. The van der Waals surface area contributed by atoms with Crippen LogP contribution in [0, 0.1) is 11.3 Å². The van der Waals surface area contributed by atoms with Crippen LogP contribution in [0.2, 0.25) is 0 Å². The van der Waals surface area contributed by atoms with E-state index in [9.17, 15) is 19.2 Å². The first-order chi connectivity index (χ1) is 11.9. The van der Waals surface area contributed by atoms with E-state index in [0.29, 0.717) is 19.3 Å². The van der Waals surface area contributed by atoms with Gasteiger partial charge in [-0.2, -0.15) is 0 Å². The lowest BCUT2D eigenvalue weighted by Gasteiger charge is -2.48. The number of hydrogen-bond donors (Lipinski definition) is 0. The van der Waals surface area contributed by atoms with Gasteiger partial charge in [0.2, 0.25) is 0 Å². The van der Waals surface area contributed by atoms with Gasteiger partial charge in [0, 0.05) is 6.42 Å². The van der Waals surface area contributed by atoms with Gasteiger partial charge in [-0.3, -0.25) is 9.59 Å². The van der Waals surface area contributed by atoms with E-state index >= 15 is 0 Å². The summed E-state index contributed by atoms with van der Waals surface area (Å²) in [7, 11) is 2.36. The van der Waals surface area contributed by atoms with Crippen molar-refractivity contribution < 1.29 is 33.4 Å². The molecular formula is C18H24O7. The molecule has 1 fully saturated rings. The van der Waals surface area contributed by atoms with E-state index in [4.69, 9.17) is 14.2 Å². The molecule has 0 saturated heterocycles. The zero-order valence-corrected chi connectivity index (χ0v) is 14.9. The van der Waals surface area contributed by atoms with E-state index in [1.54, 1.807) is 6.92 Å². The molecule has 0 N–H and O–H groups in total. The summed E-state index contributed by atoms with van der Waals surface area (Å²) in [5.41, 5.74) is -1.48. The molecule has 0 aliphatic heterocycles. The van der Waals surface area contributed by atoms with Crippen molar-refractivity contribution in [1.82, 2.24) is 0 Å². The molecule has 0 aromatic rings. The topological polar surface area (TPSA) is 96.0 Å². The minimum atomic E-state index is -1.34. The van der Waals surface area contributed by atoms with Crippen molar-refractivity contribution in [2.45, 2.75) is 45.4 Å². The van der Waals surface area contributed by atoms with E-state index in [1.165, 1.54) is 7.11 Å². The molecule has 138 valence electrons. The van der Waals surface area contributed by atoms with Gasteiger partial charge in [0.05, 0.1) is 37.4 Å². The van der Waals surface area contributed by atoms with E-state index in [1.807, 2.05) is 0 Å². The number of carbonyl (C=O) groups excluding carboxylic acids is 4. The van der Waals surface area contributed by atoms with Gasteiger partial charge in [-0.25, -0.2) is 9.59 Å². The van der Waals surface area contributed by atoms with Gasteiger partial charge in [0.25, 0.3) is 0 Å². The summed E-state index contributed by atoms with van der Waals surface area (Å²) in [4.78, 5) is 50.1. The van der Waals surface area contributed by atoms with Gasteiger partial charge < -0.3 is 14.2 Å². The Kier molecular flexibility index (Phi) is 5.98. The van der Waals surface area contributed by atoms with Crippen molar-refractivity contribution in [2.24, 2.45) is 11.3 Å². The highest BCUT2D eigenvalue weighted by molar-refractivity contribution is 6.16. The fourth-order valence-corrected chi connectivity index (χ4v) is 3.93. The monoisotopic (exact) mass is 352 g/mol. The minimum Gasteiger partial charge on any atom is -0.469 e. The van der Waals surface area contributed by atoms with Crippen LogP contribution in [-0.4, -0.2) is 44.5 Å². The first-order valence-electron chi connectivity index (χ1n) is 8.56. The molecule has 1 spiro atoms. The second kappa shape index (κ2) is 7.80. The zero-order valence-electron chi connectivity index (χ0n) is 14.9. The third kappa shape index (κ3) is 3.07. The summed E-state index contributed by atoms with van der Waals surface area (Å²) in [6.45, 7) is 1.74. The van der Waals surface area contributed by atoms with Crippen LogP contribution in [0.25, 0.3) is 0 Å². The Balaban J connectivity index is 2.64. The SMILES string of the molecule is CCOC(=O)C1=C(C(=O)OC)[C@H](C(=O)OC)[C@@]12CCCCCCC2=O. The summed E-state index contributed by atoms with van der Waals surface area (Å²) in [6.07, 6.45) is 3.76. The van der Waals surface area contributed by atoms with E-state index in [-0.39, 0.29) is 30.0 Å². The molecular weight excluding hydrogens is 328 g/mol. The van der Waals surface area contributed by atoms with Gasteiger partial charge in [-0.05, 0) is 19.8 Å². The molecule has 0 aromatic heterocycles. The highest BCUT2D eigenvalue weighted by atomic mass is 16.5. The summed E-state index contributed by atoms with van der Waals surface area (Å²) in [5.74, 6) is -3.58. The maximum Gasteiger partial charge on any atom is 0.335 e. The van der Waals surface area contributed by atoms with Crippen LogP contribution in [0.15, 0.2) is 11.1 Å². The second-order valence-corrected chi connectivity index (χ2v) is 6.27. The fraction of sp³-hybridized carbons (Fsp3) is 0.667. The van der Waals surface area contributed by atoms with Gasteiger partial charge in [-0.1, -0.05) is 19.3 Å². The highest BCUT2D eigenvalue weighted by Crippen LogP contribution is 2.57. The second-order valence-electron chi connectivity index (χ2n) is 6.27. The average molecular weight is 352 g/mol. The van der Waals surface area contributed by atoms with Gasteiger partial charge in [0.1, 0.15) is 11.7 Å². The zero-order chi connectivity index (χ0) is 18.6. The lowest BCUT2D eigenvalue weighted by Crippen LogP contribution is -2.57. The van der Waals surface area contributed by atoms with Crippen LogP contribution in [0.3, 0.4) is 0 Å². The lowest BCUT2D eigenvalue weighted by atomic mass is 9.51. The van der Waals surface area contributed by atoms with Crippen molar-refractivity contribution in [3.05, 3.63) is 11.1 Å². The van der Waals surface area contributed by atoms with Crippen LogP contribution in [0.4, 0.5) is 0 Å². The normalized spacial score (nSPS) is 26.4. The summed E-state index contributed by atoms with van der Waals surface area (Å²) in [5, 5.41) is 0. The van der Waals surface area contributed by atoms with Crippen LogP contribution in [-0.2, 0) is 33.4 Å². The van der Waals surface area contributed by atoms with E-state index in [0.717, 1.165) is 20.0 Å². The van der Waals surface area contributed by atoms with Crippen LogP contribution in [0.1, 0.15) is 45.4 Å². The molecule has 7 heteroatoms. The number of rotatable bonds is 4. The third-order valence-corrected chi connectivity index (χ3v) is 5.04. The Bertz CT molecular complexity index is 619. The summed E-state index contributed by atoms with van der Waals surface area (Å²) >= 11 is 0. The molecule has 2 atom stereocenters. The average Bonchev–Trinajstić information content (AvgIpc) is 2.57. The number of esters is 3. The minimum absolute atomic E-state index is 0.0245. The number of methoxy groups -OCH3 is 2. The molecule has 0 aromatic carbocycles. The molecule has 0 unspecified atom stereocenters. The molecule has 0 heterocycles. The standard InChI is InChI=1S/C18H24O7/c1-4-25-17(22)14-12(15(20)23-2)13(16(21)24-3)18(14)10-8-6-5-7-9-11(18)19/h13H,4-10H2,1-3H3/t13-,18+/m1/s1. The predicted molar refractivity (Wildman–Crippen MR) is 86.3 cm³/mol. The first kappa shape index (κ1) is 19.1. The van der Waals surface area contributed by atoms with Crippen molar-refractivity contribution in [1.29, 1.82) is 0 Å². The molecule has 0 bridgehead atoms. The maximum atomic E-state index is 13.0. The van der Waals surface area contributed by atoms with Crippen LogP contribution < -0.4 is 0 Å². The summed E-state index contributed by atoms with van der Waals surface area (Å²) in [6, 6.07) is 0. The Hall–Kier alpha value is -2.18. The van der Waals surface area contributed by atoms with E-state index < -0.39 is 29.2 Å². The number of carbonyl (C=O) groups is 4.